The molecule has 0 saturated carbocycles. The van der Waals surface area contributed by atoms with Crippen LogP contribution in [0.25, 0.3) is 0 Å². The van der Waals surface area contributed by atoms with Crippen molar-refractivity contribution in [3.05, 3.63) is 35.4 Å². The molecule has 25 heavy (non-hydrogen) atoms. The summed E-state index contributed by atoms with van der Waals surface area (Å²) in [7, 11) is 0. The number of benzene rings is 1. The van der Waals surface area contributed by atoms with Gasteiger partial charge in [-0.1, -0.05) is 32.9 Å². The van der Waals surface area contributed by atoms with Gasteiger partial charge in [0.05, 0.1) is 11.1 Å². The predicted octanol–water partition coefficient (Wildman–Crippen LogP) is 2.35. The van der Waals surface area contributed by atoms with Gasteiger partial charge in [0.15, 0.2) is 0 Å². The topological polar surface area (TPSA) is 124 Å². The number of carbonyl (C=O) groups is 5. The number of carboxylic acid groups (broad SMARTS) is 1. The van der Waals surface area contributed by atoms with Crippen molar-refractivity contribution in [2.45, 2.75) is 40.0 Å². The van der Waals surface area contributed by atoms with Crippen molar-refractivity contribution >= 4 is 29.8 Å². The number of carboxylic acids is 1. The Morgan fingerprint density at radius 2 is 1.08 bits per heavy atom. The lowest BCUT2D eigenvalue weighted by atomic mass is 10.1. The molecule has 0 bridgehead atoms. The van der Waals surface area contributed by atoms with Crippen molar-refractivity contribution in [1.29, 1.82) is 0 Å². The second-order valence-corrected chi connectivity index (χ2v) is 4.52. The monoisotopic (exact) mass is 352 g/mol. The maximum atomic E-state index is 11.8. The van der Waals surface area contributed by atoms with E-state index in [2.05, 4.69) is 9.47 Å². The summed E-state index contributed by atoms with van der Waals surface area (Å²) in [6.45, 7) is 4.67. The normalized spacial score (nSPS) is 9.24. The zero-order valence-electron chi connectivity index (χ0n) is 14.2. The summed E-state index contributed by atoms with van der Waals surface area (Å²) >= 11 is 0. The van der Waals surface area contributed by atoms with Crippen LogP contribution in [-0.4, -0.2) is 35.0 Å². The standard InChI is InChI=1S/C14H14O6.C3H6O2/c1-3-11(15)19-13(17)9-7-5-6-8-10(9)14(18)20-12(16)4-2;1-2-3(4)5/h5-8H,3-4H2,1-2H3;2H2,1H3,(H,4,5). The van der Waals surface area contributed by atoms with Gasteiger partial charge in [-0.3, -0.25) is 14.4 Å². The van der Waals surface area contributed by atoms with Gasteiger partial charge in [-0.25, -0.2) is 9.59 Å². The van der Waals surface area contributed by atoms with E-state index in [0.717, 1.165) is 0 Å². The van der Waals surface area contributed by atoms with Crippen molar-refractivity contribution in [2.75, 3.05) is 0 Å². The van der Waals surface area contributed by atoms with Gasteiger partial charge in [-0.2, -0.15) is 0 Å². The van der Waals surface area contributed by atoms with Gasteiger partial charge in [0, 0.05) is 19.3 Å². The van der Waals surface area contributed by atoms with Crippen LogP contribution in [0.2, 0.25) is 0 Å². The molecule has 8 nitrogen and oxygen atoms in total. The molecule has 0 fully saturated rings. The number of rotatable bonds is 5. The fourth-order valence-electron chi connectivity index (χ4n) is 1.30. The molecule has 1 aromatic rings. The summed E-state index contributed by atoms with van der Waals surface area (Å²) in [5.74, 6) is -4.06. The first kappa shape index (κ1) is 22.0. The minimum Gasteiger partial charge on any atom is -0.481 e. The van der Waals surface area contributed by atoms with Crippen molar-refractivity contribution in [2.24, 2.45) is 0 Å². The van der Waals surface area contributed by atoms with Crippen LogP contribution >= 0.6 is 0 Å². The summed E-state index contributed by atoms with van der Waals surface area (Å²) in [5, 5.41) is 7.72. The second-order valence-electron chi connectivity index (χ2n) is 4.52. The fourth-order valence-corrected chi connectivity index (χ4v) is 1.30. The molecular weight excluding hydrogens is 332 g/mol. The molecule has 8 heteroatoms. The first-order valence-corrected chi connectivity index (χ1v) is 7.57. The summed E-state index contributed by atoms with van der Waals surface area (Å²) in [5.41, 5.74) is -0.244. The summed E-state index contributed by atoms with van der Waals surface area (Å²) in [4.78, 5) is 55.1. The number of aliphatic carboxylic acids is 1. The van der Waals surface area contributed by atoms with Gasteiger partial charge in [0.2, 0.25) is 0 Å². The van der Waals surface area contributed by atoms with Gasteiger partial charge < -0.3 is 14.6 Å². The number of hydrogen-bond acceptors (Lipinski definition) is 7. The third-order valence-corrected chi connectivity index (χ3v) is 2.66. The highest BCUT2D eigenvalue weighted by Gasteiger charge is 2.22. The highest BCUT2D eigenvalue weighted by atomic mass is 16.6. The van der Waals surface area contributed by atoms with Crippen LogP contribution in [0.15, 0.2) is 24.3 Å². The molecular formula is C17H20O8. The molecule has 0 aromatic heterocycles. The van der Waals surface area contributed by atoms with E-state index in [1.807, 2.05) is 0 Å². The summed E-state index contributed by atoms with van der Waals surface area (Å²) < 4.78 is 9.07. The Bertz CT molecular complexity index is 599. The van der Waals surface area contributed by atoms with Crippen molar-refractivity contribution in [1.82, 2.24) is 0 Å². The fraction of sp³-hybridized carbons (Fsp3) is 0.353. The predicted molar refractivity (Wildman–Crippen MR) is 85.8 cm³/mol. The Balaban J connectivity index is 0.00000101. The molecule has 1 aromatic carbocycles. The average molecular weight is 352 g/mol. The van der Waals surface area contributed by atoms with Crippen LogP contribution in [0.1, 0.15) is 60.7 Å². The maximum Gasteiger partial charge on any atom is 0.346 e. The zero-order valence-corrected chi connectivity index (χ0v) is 14.2. The van der Waals surface area contributed by atoms with Crippen LogP contribution in [-0.2, 0) is 23.9 Å². The molecule has 136 valence electrons. The molecule has 0 spiro atoms. The van der Waals surface area contributed by atoms with E-state index in [9.17, 15) is 24.0 Å². The van der Waals surface area contributed by atoms with E-state index in [-0.39, 0.29) is 30.4 Å². The van der Waals surface area contributed by atoms with Crippen molar-refractivity contribution < 1.29 is 38.6 Å². The maximum absolute atomic E-state index is 11.8. The Morgan fingerprint density at radius 1 is 0.760 bits per heavy atom. The zero-order chi connectivity index (χ0) is 19.4. The lowest BCUT2D eigenvalue weighted by molar-refractivity contribution is -0.138. The van der Waals surface area contributed by atoms with Gasteiger partial charge >= 0.3 is 29.8 Å². The molecule has 0 saturated heterocycles. The van der Waals surface area contributed by atoms with Gasteiger partial charge in [0.1, 0.15) is 0 Å². The van der Waals surface area contributed by atoms with E-state index in [4.69, 9.17) is 5.11 Å². The van der Waals surface area contributed by atoms with Crippen molar-refractivity contribution in [3.8, 4) is 0 Å². The Labute approximate surface area is 144 Å². The summed E-state index contributed by atoms with van der Waals surface area (Å²) in [6.07, 6.45) is 0.291. The molecule has 0 aliphatic carbocycles. The van der Waals surface area contributed by atoms with Gasteiger partial charge in [-0.05, 0) is 12.1 Å². The van der Waals surface area contributed by atoms with Crippen molar-refractivity contribution in [3.63, 3.8) is 0 Å². The first-order valence-electron chi connectivity index (χ1n) is 7.57. The summed E-state index contributed by atoms with van der Waals surface area (Å²) in [6, 6.07) is 5.65. The molecule has 0 unspecified atom stereocenters. The third kappa shape index (κ3) is 8.40. The molecule has 0 aliphatic heterocycles. The third-order valence-electron chi connectivity index (χ3n) is 2.66. The van der Waals surface area contributed by atoms with Crippen LogP contribution < -0.4 is 0 Å². The second kappa shape index (κ2) is 11.5. The minimum absolute atomic E-state index is 0.0344. The first-order chi connectivity index (χ1) is 11.8. The quantitative estimate of drug-likeness (QED) is 0.632. The van der Waals surface area contributed by atoms with Crippen LogP contribution in [0.4, 0.5) is 0 Å². The number of ether oxygens (including phenoxy) is 2. The van der Waals surface area contributed by atoms with E-state index >= 15 is 0 Å². The molecule has 0 radical (unpaired) electrons. The van der Waals surface area contributed by atoms with Crippen LogP contribution in [0.3, 0.4) is 0 Å². The van der Waals surface area contributed by atoms with Gasteiger partial charge in [0.25, 0.3) is 0 Å². The number of esters is 4. The Hall–Kier alpha value is -3.03. The minimum atomic E-state index is -0.951. The largest absolute Gasteiger partial charge is 0.481 e. The lowest BCUT2D eigenvalue weighted by Gasteiger charge is -2.07. The molecule has 0 aliphatic rings. The Morgan fingerprint density at radius 3 is 1.32 bits per heavy atom. The molecule has 0 atom stereocenters. The SMILES string of the molecule is CCC(=O)O.CCC(=O)OC(=O)c1ccccc1C(=O)OC(=O)CC. The Kier molecular flexibility index (Phi) is 10.1. The van der Waals surface area contributed by atoms with E-state index in [1.165, 1.54) is 38.1 Å². The number of hydrogen-bond donors (Lipinski definition) is 1. The van der Waals surface area contributed by atoms with Gasteiger partial charge in [-0.15, -0.1) is 0 Å². The molecule has 0 amide bonds. The molecule has 0 heterocycles. The van der Waals surface area contributed by atoms with E-state index in [0.29, 0.717) is 0 Å². The van der Waals surface area contributed by atoms with Crippen LogP contribution in [0.5, 0.6) is 0 Å². The molecule has 1 rings (SSSR count). The van der Waals surface area contributed by atoms with E-state index in [1.54, 1.807) is 6.92 Å². The number of carbonyl (C=O) groups excluding carboxylic acids is 4. The smallest absolute Gasteiger partial charge is 0.346 e. The molecule has 1 N–H and O–H groups in total. The lowest BCUT2D eigenvalue weighted by Crippen LogP contribution is -2.18. The van der Waals surface area contributed by atoms with Crippen LogP contribution in [0, 0.1) is 0 Å². The van der Waals surface area contributed by atoms with E-state index < -0.39 is 29.8 Å². The average Bonchev–Trinajstić information content (AvgIpc) is 2.61. The highest BCUT2D eigenvalue weighted by molar-refractivity contribution is 6.07. The highest BCUT2D eigenvalue weighted by Crippen LogP contribution is 2.12.